The number of aryl methyl sites for hydroxylation is 1. The van der Waals surface area contributed by atoms with Crippen molar-refractivity contribution in [3.05, 3.63) is 29.3 Å². The third kappa shape index (κ3) is 2.58. The van der Waals surface area contributed by atoms with Crippen LogP contribution >= 0.6 is 0 Å². The SMILES string of the molecule is CNC(CCN)c1ccc2c(c1)CCCS2(=O)=O. The molecule has 100 valence electrons. The van der Waals surface area contributed by atoms with Gasteiger partial charge in [0.25, 0.3) is 0 Å². The maximum Gasteiger partial charge on any atom is 0.178 e. The van der Waals surface area contributed by atoms with E-state index < -0.39 is 9.84 Å². The lowest BCUT2D eigenvalue weighted by molar-refractivity contribution is 0.554. The Bertz CT molecular complexity index is 526. The molecule has 2 rings (SSSR count). The molecule has 1 aliphatic rings. The van der Waals surface area contributed by atoms with Gasteiger partial charge in [0.1, 0.15) is 0 Å². The lowest BCUT2D eigenvalue weighted by Crippen LogP contribution is -2.21. The number of hydrogen-bond acceptors (Lipinski definition) is 4. The summed E-state index contributed by atoms with van der Waals surface area (Å²) in [6.07, 6.45) is 2.42. The molecule has 0 saturated carbocycles. The average Bonchev–Trinajstić information content (AvgIpc) is 2.35. The summed E-state index contributed by atoms with van der Waals surface area (Å²) in [6.45, 7) is 0.612. The number of rotatable bonds is 4. The first-order valence-corrected chi connectivity index (χ1v) is 7.96. The van der Waals surface area contributed by atoms with Gasteiger partial charge in [-0.25, -0.2) is 8.42 Å². The molecule has 0 aliphatic carbocycles. The minimum Gasteiger partial charge on any atom is -0.330 e. The highest BCUT2D eigenvalue weighted by molar-refractivity contribution is 7.91. The van der Waals surface area contributed by atoms with Gasteiger partial charge < -0.3 is 11.1 Å². The molecule has 1 aromatic rings. The van der Waals surface area contributed by atoms with Crippen LogP contribution in [0.1, 0.15) is 30.0 Å². The second-order valence-corrected chi connectivity index (χ2v) is 6.79. The number of hydrogen-bond donors (Lipinski definition) is 2. The molecule has 0 spiro atoms. The predicted molar refractivity (Wildman–Crippen MR) is 72.3 cm³/mol. The number of nitrogens with one attached hydrogen (secondary N) is 1. The van der Waals surface area contributed by atoms with E-state index in [1.54, 1.807) is 6.07 Å². The van der Waals surface area contributed by atoms with E-state index in [1.807, 2.05) is 19.2 Å². The zero-order chi connectivity index (χ0) is 13.2. The Kier molecular flexibility index (Phi) is 4.04. The van der Waals surface area contributed by atoms with Crippen molar-refractivity contribution in [3.63, 3.8) is 0 Å². The summed E-state index contributed by atoms with van der Waals surface area (Å²) < 4.78 is 23.8. The molecule has 1 heterocycles. The fraction of sp³-hybridized carbons (Fsp3) is 0.538. The minimum atomic E-state index is -3.05. The normalized spacial score (nSPS) is 19.2. The van der Waals surface area contributed by atoms with Crippen LogP contribution in [0.5, 0.6) is 0 Å². The molecule has 0 amide bonds. The van der Waals surface area contributed by atoms with Crippen molar-refractivity contribution < 1.29 is 8.42 Å². The van der Waals surface area contributed by atoms with Crippen molar-refractivity contribution in [2.24, 2.45) is 5.73 Å². The van der Waals surface area contributed by atoms with Crippen LogP contribution in [0, 0.1) is 0 Å². The van der Waals surface area contributed by atoms with Crippen LogP contribution in [-0.4, -0.2) is 27.8 Å². The second-order valence-electron chi connectivity index (χ2n) is 4.71. The van der Waals surface area contributed by atoms with Crippen molar-refractivity contribution in [3.8, 4) is 0 Å². The summed E-state index contributed by atoms with van der Waals surface area (Å²) in [5, 5.41) is 3.22. The first kappa shape index (κ1) is 13.5. The fourth-order valence-corrected chi connectivity index (χ4v) is 4.10. The minimum absolute atomic E-state index is 0.199. The van der Waals surface area contributed by atoms with Gasteiger partial charge in [-0.2, -0.15) is 0 Å². The second kappa shape index (κ2) is 5.38. The first-order valence-electron chi connectivity index (χ1n) is 6.31. The predicted octanol–water partition coefficient (Wildman–Crippen LogP) is 1.02. The van der Waals surface area contributed by atoms with Crippen LogP contribution in [0.4, 0.5) is 0 Å². The maximum atomic E-state index is 11.9. The van der Waals surface area contributed by atoms with Gasteiger partial charge >= 0.3 is 0 Å². The highest BCUT2D eigenvalue weighted by atomic mass is 32.2. The van der Waals surface area contributed by atoms with E-state index in [2.05, 4.69) is 5.32 Å². The molecule has 4 nitrogen and oxygen atoms in total. The van der Waals surface area contributed by atoms with Crippen molar-refractivity contribution >= 4 is 9.84 Å². The Morgan fingerprint density at radius 2 is 2.22 bits per heavy atom. The van der Waals surface area contributed by atoms with Crippen molar-refractivity contribution in [2.45, 2.75) is 30.2 Å². The largest absolute Gasteiger partial charge is 0.330 e. The Labute approximate surface area is 108 Å². The molecule has 1 aliphatic heterocycles. The zero-order valence-electron chi connectivity index (χ0n) is 10.6. The van der Waals surface area contributed by atoms with E-state index >= 15 is 0 Å². The van der Waals surface area contributed by atoms with Gasteiger partial charge in [0.05, 0.1) is 10.6 Å². The van der Waals surface area contributed by atoms with Gasteiger partial charge in [-0.3, -0.25) is 0 Å². The molecule has 1 unspecified atom stereocenters. The Balaban J connectivity index is 2.38. The van der Waals surface area contributed by atoms with Gasteiger partial charge in [-0.15, -0.1) is 0 Å². The van der Waals surface area contributed by atoms with E-state index in [9.17, 15) is 8.42 Å². The zero-order valence-corrected chi connectivity index (χ0v) is 11.5. The van der Waals surface area contributed by atoms with Gasteiger partial charge in [-0.05, 0) is 50.0 Å². The van der Waals surface area contributed by atoms with Crippen molar-refractivity contribution in [2.75, 3.05) is 19.3 Å². The van der Waals surface area contributed by atoms with E-state index in [4.69, 9.17) is 5.73 Å². The average molecular weight is 268 g/mol. The summed E-state index contributed by atoms with van der Waals surface area (Å²) in [5.41, 5.74) is 7.67. The number of benzene rings is 1. The van der Waals surface area contributed by atoms with Crippen LogP contribution in [0.3, 0.4) is 0 Å². The molecule has 5 heteroatoms. The van der Waals surface area contributed by atoms with Gasteiger partial charge in [0.2, 0.25) is 0 Å². The van der Waals surface area contributed by atoms with Crippen LogP contribution in [0.15, 0.2) is 23.1 Å². The van der Waals surface area contributed by atoms with Crippen molar-refractivity contribution in [1.29, 1.82) is 0 Å². The van der Waals surface area contributed by atoms with Gasteiger partial charge in [0.15, 0.2) is 9.84 Å². The molecule has 0 saturated heterocycles. The third-order valence-corrected chi connectivity index (χ3v) is 5.38. The molecular weight excluding hydrogens is 248 g/mol. The lowest BCUT2D eigenvalue weighted by Gasteiger charge is -2.21. The van der Waals surface area contributed by atoms with Gasteiger partial charge in [-0.1, -0.05) is 12.1 Å². The number of nitrogens with two attached hydrogens (primary N) is 1. The third-order valence-electron chi connectivity index (χ3n) is 3.48. The number of fused-ring (bicyclic) bond motifs is 1. The summed E-state index contributed by atoms with van der Waals surface area (Å²) in [5.74, 6) is 0.275. The molecule has 0 aromatic heterocycles. The molecule has 1 atom stereocenters. The van der Waals surface area contributed by atoms with Crippen LogP contribution in [0.25, 0.3) is 0 Å². The van der Waals surface area contributed by atoms with E-state index in [1.165, 1.54) is 0 Å². The topological polar surface area (TPSA) is 72.2 Å². The smallest absolute Gasteiger partial charge is 0.178 e. The standard InChI is InChI=1S/C13H20N2O2S/c1-15-12(6-7-14)10-4-5-13-11(9-10)3-2-8-18(13,16)17/h4-5,9,12,15H,2-3,6-8,14H2,1H3. The van der Waals surface area contributed by atoms with E-state index in [0.717, 1.165) is 30.4 Å². The van der Waals surface area contributed by atoms with Crippen molar-refractivity contribution in [1.82, 2.24) is 5.32 Å². The molecular formula is C13H20N2O2S. The molecule has 0 radical (unpaired) electrons. The Morgan fingerprint density at radius 3 is 2.89 bits per heavy atom. The molecule has 18 heavy (non-hydrogen) atoms. The maximum absolute atomic E-state index is 11.9. The summed E-state index contributed by atoms with van der Waals surface area (Å²) in [7, 11) is -1.15. The van der Waals surface area contributed by atoms with Crippen LogP contribution in [-0.2, 0) is 16.3 Å². The molecule has 0 fully saturated rings. The van der Waals surface area contributed by atoms with Crippen LogP contribution in [0.2, 0.25) is 0 Å². The lowest BCUT2D eigenvalue weighted by atomic mass is 9.99. The first-order chi connectivity index (χ1) is 8.58. The molecule has 0 bridgehead atoms. The summed E-state index contributed by atoms with van der Waals surface area (Å²) in [4.78, 5) is 0.514. The Morgan fingerprint density at radius 1 is 1.44 bits per heavy atom. The highest BCUT2D eigenvalue weighted by Crippen LogP contribution is 2.28. The Hall–Kier alpha value is -0.910. The molecule has 3 N–H and O–H groups in total. The van der Waals surface area contributed by atoms with Gasteiger partial charge in [0, 0.05) is 6.04 Å². The summed E-state index contributed by atoms with van der Waals surface area (Å²) >= 11 is 0. The summed E-state index contributed by atoms with van der Waals surface area (Å²) in [6, 6.07) is 5.87. The van der Waals surface area contributed by atoms with E-state index in [0.29, 0.717) is 11.4 Å². The highest BCUT2D eigenvalue weighted by Gasteiger charge is 2.24. The monoisotopic (exact) mass is 268 g/mol. The number of sulfone groups is 1. The molecule has 1 aromatic carbocycles. The van der Waals surface area contributed by atoms with Crippen LogP contribution < -0.4 is 11.1 Å². The van der Waals surface area contributed by atoms with E-state index in [-0.39, 0.29) is 11.8 Å². The fourth-order valence-electron chi connectivity index (χ4n) is 2.52. The quantitative estimate of drug-likeness (QED) is 0.855.